The predicted octanol–water partition coefficient (Wildman–Crippen LogP) is 2.93. The Morgan fingerprint density at radius 1 is 0.926 bits per heavy atom. The standard InChI is InChI=1S/C19H19NO7/c1-2-25-19(24)20(17(21)18(22)23)12-13-26-14-8-10-16(11-9-14)27-15-6-4-3-5-7-15/h3-11H,2,12-13H2,1H3,(H,22,23). The summed E-state index contributed by atoms with van der Waals surface area (Å²) in [6, 6.07) is 16.0. The zero-order chi connectivity index (χ0) is 19.6. The van der Waals surface area contributed by atoms with Gasteiger partial charge in [-0.05, 0) is 43.3 Å². The number of ether oxygens (including phenoxy) is 3. The molecule has 0 unspecified atom stereocenters. The van der Waals surface area contributed by atoms with E-state index in [0.717, 1.165) is 0 Å². The summed E-state index contributed by atoms with van der Waals surface area (Å²) in [6.45, 7) is 1.23. The fourth-order valence-electron chi connectivity index (χ4n) is 2.08. The lowest BCUT2D eigenvalue weighted by atomic mass is 10.3. The van der Waals surface area contributed by atoms with E-state index < -0.39 is 18.0 Å². The van der Waals surface area contributed by atoms with Crippen LogP contribution in [0.25, 0.3) is 0 Å². The molecule has 8 nitrogen and oxygen atoms in total. The van der Waals surface area contributed by atoms with Gasteiger partial charge in [-0.15, -0.1) is 0 Å². The molecule has 0 aliphatic rings. The van der Waals surface area contributed by atoms with Crippen LogP contribution in [0.4, 0.5) is 4.79 Å². The first kappa shape index (κ1) is 19.8. The summed E-state index contributed by atoms with van der Waals surface area (Å²) in [7, 11) is 0. The van der Waals surface area contributed by atoms with Crippen LogP contribution in [0, 0.1) is 0 Å². The molecular formula is C19H19NO7. The zero-order valence-electron chi connectivity index (χ0n) is 14.7. The number of nitrogens with zero attached hydrogens (tertiary/aromatic N) is 1. The van der Waals surface area contributed by atoms with E-state index in [1.54, 1.807) is 31.2 Å². The van der Waals surface area contributed by atoms with E-state index >= 15 is 0 Å². The highest BCUT2D eigenvalue weighted by Crippen LogP contribution is 2.23. The molecule has 2 amide bonds. The number of rotatable bonds is 7. The molecule has 0 aliphatic heterocycles. The Bertz CT molecular complexity index is 774. The normalized spacial score (nSPS) is 9.96. The Hall–Kier alpha value is -3.55. The van der Waals surface area contributed by atoms with E-state index in [4.69, 9.17) is 14.6 Å². The van der Waals surface area contributed by atoms with Crippen molar-refractivity contribution in [1.29, 1.82) is 0 Å². The van der Waals surface area contributed by atoms with Crippen molar-refractivity contribution in [2.75, 3.05) is 19.8 Å². The van der Waals surface area contributed by atoms with E-state index in [2.05, 4.69) is 4.74 Å². The second-order valence-electron chi connectivity index (χ2n) is 5.20. The highest BCUT2D eigenvalue weighted by Gasteiger charge is 2.28. The predicted molar refractivity (Wildman–Crippen MR) is 94.8 cm³/mol. The van der Waals surface area contributed by atoms with Gasteiger partial charge in [0.25, 0.3) is 0 Å². The molecule has 0 bridgehead atoms. The van der Waals surface area contributed by atoms with E-state index in [9.17, 15) is 14.4 Å². The van der Waals surface area contributed by atoms with E-state index in [1.165, 1.54) is 0 Å². The van der Waals surface area contributed by atoms with Gasteiger partial charge >= 0.3 is 18.0 Å². The highest BCUT2D eigenvalue weighted by molar-refractivity contribution is 6.34. The van der Waals surface area contributed by atoms with Crippen molar-refractivity contribution < 1.29 is 33.7 Å². The average Bonchev–Trinajstić information content (AvgIpc) is 2.67. The maximum Gasteiger partial charge on any atom is 0.417 e. The van der Waals surface area contributed by atoms with Crippen LogP contribution in [0.5, 0.6) is 17.2 Å². The molecule has 2 aromatic rings. The molecule has 0 aromatic heterocycles. The number of carbonyl (C=O) groups is 3. The highest BCUT2D eigenvalue weighted by atomic mass is 16.6. The molecule has 27 heavy (non-hydrogen) atoms. The van der Waals surface area contributed by atoms with Gasteiger partial charge in [-0.2, -0.15) is 0 Å². The number of carboxylic acids is 1. The minimum Gasteiger partial charge on any atom is -0.492 e. The van der Waals surface area contributed by atoms with Crippen LogP contribution in [0.3, 0.4) is 0 Å². The molecule has 0 fully saturated rings. The second-order valence-corrected chi connectivity index (χ2v) is 5.20. The molecule has 8 heteroatoms. The molecule has 0 radical (unpaired) electrons. The van der Waals surface area contributed by atoms with Gasteiger partial charge < -0.3 is 19.3 Å². The molecule has 0 spiro atoms. The first-order chi connectivity index (χ1) is 13.0. The first-order valence-corrected chi connectivity index (χ1v) is 8.18. The lowest BCUT2D eigenvalue weighted by Gasteiger charge is -2.18. The number of carbonyl (C=O) groups excluding carboxylic acids is 2. The van der Waals surface area contributed by atoms with E-state index in [1.807, 2.05) is 30.3 Å². The zero-order valence-corrected chi connectivity index (χ0v) is 14.7. The number of hydrogen-bond donors (Lipinski definition) is 1. The summed E-state index contributed by atoms with van der Waals surface area (Å²) in [6.07, 6.45) is -1.03. The maximum absolute atomic E-state index is 11.7. The van der Waals surface area contributed by atoms with E-state index in [-0.39, 0.29) is 19.8 Å². The number of hydrogen-bond acceptors (Lipinski definition) is 6. The summed E-state index contributed by atoms with van der Waals surface area (Å²) in [4.78, 5) is 34.6. The van der Waals surface area contributed by atoms with Gasteiger partial charge in [-0.25, -0.2) is 14.5 Å². The Balaban J connectivity index is 1.90. The van der Waals surface area contributed by atoms with Crippen molar-refractivity contribution in [2.24, 2.45) is 0 Å². The van der Waals surface area contributed by atoms with Gasteiger partial charge in [0.15, 0.2) is 0 Å². The minimum absolute atomic E-state index is 0.0198. The molecule has 2 rings (SSSR count). The first-order valence-electron chi connectivity index (χ1n) is 8.18. The fourth-order valence-corrected chi connectivity index (χ4v) is 2.08. The summed E-state index contributed by atoms with van der Waals surface area (Å²) >= 11 is 0. The second kappa shape index (κ2) is 9.81. The largest absolute Gasteiger partial charge is 0.492 e. The minimum atomic E-state index is -1.74. The van der Waals surface area contributed by atoms with Crippen molar-refractivity contribution in [3.05, 3.63) is 54.6 Å². The maximum atomic E-state index is 11.7. The van der Waals surface area contributed by atoms with Crippen LogP contribution in [-0.4, -0.2) is 47.7 Å². The Morgan fingerprint density at radius 3 is 2.11 bits per heavy atom. The van der Waals surface area contributed by atoms with Crippen LogP contribution in [0.15, 0.2) is 54.6 Å². The number of imide groups is 1. The Labute approximate surface area is 155 Å². The molecule has 142 valence electrons. The van der Waals surface area contributed by atoms with Crippen LogP contribution in [0.2, 0.25) is 0 Å². The van der Waals surface area contributed by atoms with Crippen molar-refractivity contribution in [1.82, 2.24) is 4.90 Å². The molecule has 0 atom stereocenters. The SMILES string of the molecule is CCOC(=O)N(CCOc1ccc(Oc2ccccc2)cc1)C(=O)C(=O)O. The third-order valence-corrected chi connectivity index (χ3v) is 3.30. The lowest BCUT2D eigenvalue weighted by molar-refractivity contribution is -0.155. The third kappa shape index (κ3) is 6.03. The number of carboxylic acid groups (broad SMARTS) is 1. The quantitative estimate of drug-likeness (QED) is 0.744. The topological polar surface area (TPSA) is 102 Å². The van der Waals surface area contributed by atoms with Gasteiger partial charge in [0.1, 0.15) is 23.9 Å². The molecule has 0 aliphatic carbocycles. The number of para-hydroxylation sites is 1. The Kier molecular flexibility index (Phi) is 7.18. The summed E-state index contributed by atoms with van der Waals surface area (Å²) in [5.74, 6) is -1.33. The van der Waals surface area contributed by atoms with Gasteiger partial charge in [0, 0.05) is 0 Å². The smallest absolute Gasteiger partial charge is 0.417 e. The Morgan fingerprint density at radius 2 is 1.52 bits per heavy atom. The molecule has 0 saturated carbocycles. The van der Waals surface area contributed by atoms with Crippen molar-refractivity contribution in [3.8, 4) is 17.2 Å². The van der Waals surface area contributed by atoms with Crippen LogP contribution in [-0.2, 0) is 14.3 Å². The number of amides is 2. The van der Waals surface area contributed by atoms with Gasteiger partial charge in [-0.1, -0.05) is 18.2 Å². The van der Waals surface area contributed by atoms with Gasteiger partial charge in [-0.3, -0.25) is 4.79 Å². The third-order valence-electron chi connectivity index (χ3n) is 3.30. The van der Waals surface area contributed by atoms with E-state index in [0.29, 0.717) is 22.1 Å². The summed E-state index contributed by atoms with van der Waals surface area (Å²) in [5, 5.41) is 8.78. The average molecular weight is 373 g/mol. The molecule has 0 heterocycles. The van der Waals surface area contributed by atoms with Crippen LogP contribution in [0.1, 0.15) is 6.92 Å². The van der Waals surface area contributed by atoms with Crippen LogP contribution >= 0.6 is 0 Å². The molecule has 0 saturated heterocycles. The van der Waals surface area contributed by atoms with Crippen molar-refractivity contribution in [3.63, 3.8) is 0 Å². The molecule has 1 N–H and O–H groups in total. The number of aliphatic carboxylic acids is 1. The van der Waals surface area contributed by atoms with Gasteiger partial charge in [0.05, 0.1) is 13.2 Å². The summed E-state index contributed by atoms with van der Waals surface area (Å²) in [5.41, 5.74) is 0. The monoisotopic (exact) mass is 373 g/mol. The molecule has 2 aromatic carbocycles. The number of benzene rings is 2. The van der Waals surface area contributed by atoms with Crippen molar-refractivity contribution in [2.45, 2.75) is 6.92 Å². The van der Waals surface area contributed by atoms with Crippen molar-refractivity contribution >= 4 is 18.0 Å². The van der Waals surface area contributed by atoms with Crippen LogP contribution < -0.4 is 9.47 Å². The summed E-state index contributed by atoms with van der Waals surface area (Å²) < 4.78 is 15.8. The van der Waals surface area contributed by atoms with Gasteiger partial charge in [0.2, 0.25) is 0 Å². The lowest BCUT2D eigenvalue weighted by Crippen LogP contribution is -2.43. The fraction of sp³-hybridized carbons (Fsp3) is 0.211. The molecular weight excluding hydrogens is 354 g/mol.